The van der Waals surface area contributed by atoms with E-state index in [2.05, 4.69) is 11.3 Å². The first kappa shape index (κ1) is 14.6. The Bertz CT molecular complexity index is 152. The van der Waals surface area contributed by atoms with Crippen molar-refractivity contribution in [3.05, 3.63) is 24.7 Å². The van der Waals surface area contributed by atoms with Crippen LogP contribution in [0.5, 0.6) is 0 Å². The van der Waals surface area contributed by atoms with Crippen molar-refractivity contribution >= 4 is 0 Å². The van der Waals surface area contributed by atoms with E-state index in [1.807, 2.05) is 33.8 Å². The summed E-state index contributed by atoms with van der Waals surface area (Å²) in [5.74, 6) is 0.755. The largest absolute Gasteiger partial charge is 0.502 e. The van der Waals surface area contributed by atoms with E-state index in [9.17, 15) is 0 Å². The summed E-state index contributed by atoms with van der Waals surface area (Å²) in [7, 11) is 1.60. The summed E-state index contributed by atoms with van der Waals surface area (Å²) in [5, 5.41) is 0. The van der Waals surface area contributed by atoms with Gasteiger partial charge in [-0.05, 0) is 34.6 Å². The number of hydrogen-bond acceptors (Lipinski definition) is 2. The minimum atomic E-state index is -0.0352. The number of allylic oxidation sites excluding steroid dienone is 2. The standard InChI is InChI=1S/C7H14O.C4H8O/c1-5-6-8-7(2,3)4;1-4(2)5-3/h5-6H,1-4H3;1H2,2-3H3. The van der Waals surface area contributed by atoms with Crippen molar-refractivity contribution < 1.29 is 9.47 Å². The molecule has 0 bridgehead atoms. The maximum absolute atomic E-state index is 5.20. The number of ether oxygens (including phenoxy) is 2. The molecule has 78 valence electrons. The van der Waals surface area contributed by atoms with Crippen LogP contribution in [-0.4, -0.2) is 12.7 Å². The van der Waals surface area contributed by atoms with Gasteiger partial charge in [-0.15, -0.1) is 0 Å². The summed E-state index contributed by atoms with van der Waals surface area (Å²) in [6.07, 6.45) is 3.59. The van der Waals surface area contributed by atoms with Crippen molar-refractivity contribution in [3.8, 4) is 0 Å². The summed E-state index contributed by atoms with van der Waals surface area (Å²) in [6, 6.07) is 0. The molecule has 0 aliphatic heterocycles. The molecule has 0 saturated heterocycles. The molecule has 0 heterocycles. The fourth-order valence-corrected chi connectivity index (χ4v) is 0.272. The topological polar surface area (TPSA) is 18.5 Å². The normalized spacial score (nSPS) is 10.3. The molecule has 0 aromatic rings. The van der Waals surface area contributed by atoms with E-state index < -0.39 is 0 Å². The van der Waals surface area contributed by atoms with Crippen LogP contribution in [0.2, 0.25) is 0 Å². The predicted octanol–water partition coefficient (Wildman–Crippen LogP) is 3.50. The molecule has 0 saturated carbocycles. The Kier molecular flexibility index (Phi) is 8.66. The van der Waals surface area contributed by atoms with E-state index in [1.165, 1.54) is 0 Å². The summed E-state index contributed by atoms with van der Waals surface area (Å²) in [6.45, 7) is 13.3. The molecule has 2 nitrogen and oxygen atoms in total. The molecular weight excluding hydrogens is 164 g/mol. The maximum atomic E-state index is 5.20. The third kappa shape index (κ3) is 24.7. The van der Waals surface area contributed by atoms with Crippen molar-refractivity contribution in [1.29, 1.82) is 0 Å². The van der Waals surface area contributed by atoms with Crippen LogP contribution in [0.25, 0.3) is 0 Å². The van der Waals surface area contributed by atoms with Crippen molar-refractivity contribution in [3.63, 3.8) is 0 Å². The fourth-order valence-electron chi connectivity index (χ4n) is 0.272. The number of rotatable bonds is 2. The molecule has 0 amide bonds. The quantitative estimate of drug-likeness (QED) is 0.614. The highest BCUT2D eigenvalue weighted by Crippen LogP contribution is 2.05. The zero-order valence-electron chi connectivity index (χ0n) is 9.68. The Balaban J connectivity index is 0. The maximum Gasteiger partial charge on any atom is 0.0998 e. The van der Waals surface area contributed by atoms with Crippen LogP contribution in [0.3, 0.4) is 0 Å². The van der Waals surface area contributed by atoms with Crippen LogP contribution in [0.4, 0.5) is 0 Å². The summed E-state index contributed by atoms with van der Waals surface area (Å²) >= 11 is 0. The van der Waals surface area contributed by atoms with Crippen LogP contribution in [0.1, 0.15) is 34.6 Å². The van der Waals surface area contributed by atoms with Gasteiger partial charge in [0.2, 0.25) is 0 Å². The highest BCUT2D eigenvalue weighted by Gasteiger charge is 2.06. The Morgan fingerprint density at radius 1 is 1.31 bits per heavy atom. The molecule has 0 radical (unpaired) electrons. The van der Waals surface area contributed by atoms with Crippen molar-refractivity contribution in [2.45, 2.75) is 40.2 Å². The van der Waals surface area contributed by atoms with E-state index in [1.54, 1.807) is 20.3 Å². The van der Waals surface area contributed by atoms with Crippen molar-refractivity contribution in [1.82, 2.24) is 0 Å². The minimum Gasteiger partial charge on any atom is -0.502 e. The second-order valence-electron chi connectivity index (χ2n) is 3.61. The van der Waals surface area contributed by atoms with Gasteiger partial charge in [-0.25, -0.2) is 0 Å². The van der Waals surface area contributed by atoms with Crippen LogP contribution in [0, 0.1) is 0 Å². The molecular formula is C11H22O2. The Morgan fingerprint density at radius 3 is 1.77 bits per heavy atom. The first-order valence-corrected chi connectivity index (χ1v) is 4.32. The molecule has 13 heavy (non-hydrogen) atoms. The first-order chi connectivity index (χ1) is 5.83. The van der Waals surface area contributed by atoms with Crippen LogP contribution >= 0.6 is 0 Å². The molecule has 0 rings (SSSR count). The second kappa shape index (κ2) is 7.71. The lowest BCUT2D eigenvalue weighted by atomic mass is 10.2. The van der Waals surface area contributed by atoms with Gasteiger partial charge in [0.15, 0.2) is 0 Å². The van der Waals surface area contributed by atoms with Crippen LogP contribution in [0.15, 0.2) is 24.7 Å². The Labute approximate surface area is 82.2 Å². The van der Waals surface area contributed by atoms with Crippen molar-refractivity contribution in [2.75, 3.05) is 7.11 Å². The zero-order chi connectivity index (χ0) is 10.9. The summed E-state index contributed by atoms with van der Waals surface area (Å²) < 4.78 is 9.75. The molecule has 0 N–H and O–H groups in total. The smallest absolute Gasteiger partial charge is 0.0998 e. The molecule has 0 fully saturated rings. The number of hydrogen-bond donors (Lipinski definition) is 0. The average Bonchev–Trinajstić information content (AvgIpc) is 2.00. The van der Waals surface area contributed by atoms with E-state index in [0.717, 1.165) is 5.76 Å². The van der Waals surface area contributed by atoms with Gasteiger partial charge in [-0.3, -0.25) is 0 Å². The second-order valence-corrected chi connectivity index (χ2v) is 3.61. The lowest BCUT2D eigenvalue weighted by molar-refractivity contribution is 0.0765. The molecule has 0 aromatic heterocycles. The van der Waals surface area contributed by atoms with Gasteiger partial charge in [-0.1, -0.05) is 12.7 Å². The van der Waals surface area contributed by atoms with Gasteiger partial charge < -0.3 is 9.47 Å². The highest BCUT2D eigenvalue weighted by atomic mass is 16.5. The lowest BCUT2D eigenvalue weighted by Gasteiger charge is -2.17. The molecule has 2 heteroatoms. The van der Waals surface area contributed by atoms with Gasteiger partial charge in [0.1, 0.15) is 0 Å². The third-order valence-electron chi connectivity index (χ3n) is 0.906. The zero-order valence-corrected chi connectivity index (χ0v) is 9.68. The van der Waals surface area contributed by atoms with Crippen LogP contribution < -0.4 is 0 Å². The van der Waals surface area contributed by atoms with Gasteiger partial charge in [0.25, 0.3) is 0 Å². The van der Waals surface area contributed by atoms with Gasteiger partial charge in [0, 0.05) is 0 Å². The Hall–Kier alpha value is -0.920. The molecule has 0 atom stereocenters. The summed E-state index contributed by atoms with van der Waals surface area (Å²) in [4.78, 5) is 0. The average molecular weight is 186 g/mol. The highest BCUT2D eigenvalue weighted by molar-refractivity contribution is 4.71. The van der Waals surface area contributed by atoms with Crippen molar-refractivity contribution in [2.24, 2.45) is 0 Å². The van der Waals surface area contributed by atoms with E-state index >= 15 is 0 Å². The molecule has 0 aliphatic carbocycles. The van der Waals surface area contributed by atoms with Gasteiger partial charge >= 0.3 is 0 Å². The fraction of sp³-hybridized carbons (Fsp3) is 0.636. The minimum absolute atomic E-state index is 0.0352. The third-order valence-corrected chi connectivity index (χ3v) is 0.906. The predicted molar refractivity (Wildman–Crippen MR) is 57.5 cm³/mol. The van der Waals surface area contributed by atoms with Crippen LogP contribution in [-0.2, 0) is 9.47 Å². The van der Waals surface area contributed by atoms with E-state index in [0.29, 0.717) is 0 Å². The molecule has 0 unspecified atom stereocenters. The van der Waals surface area contributed by atoms with E-state index in [-0.39, 0.29) is 5.60 Å². The van der Waals surface area contributed by atoms with E-state index in [4.69, 9.17) is 4.74 Å². The number of methoxy groups -OCH3 is 1. The molecule has 0 aliphatic rings. The molecule has 0 aromatic carbocycles. The molecule has 0 spiro atoms. The SMILES string of the molecule is C=C(C)OC.CC=COC(C)(C)C. The summed E-state index contributed by atoms with van der Waals surface area (Å²) in [5.41, 5.74) is -0.0352. The Morgan fingerprint density at radius 2 is 1.69 bits per heavy atom. The van der Waals surface area contributed by atoms with Gasteiger partial charge in [0.05, 0.1) is 24.7 Å². The first-order valence-electron chi connectivity index (χ1n) is 4.32. The monoisotopic (exact) mass is 186 g/mol. The lowest BCUT2D eigenvalue weighted by Crippen LogP contribution is -2.14. The van der Waals surface area contributed by atoms with Gasteiger partial charge in [-0.2, -0.15) is 0 Å².